The van der Waals surface area contributed by atoms with Crippen LogP contribution in [0.1, 0.15) is 5.56 Å². The maximum absolute atomic E-state index is 11.3. The van der Waals surface area contributed by atoms with Crippen LogP contribution in [0, 0.1) is 21.4 Å². The van der Waals surface area contributed by atoms with Crippen molar-refractivity contribution in [3.63, 3.8) is 0 Å². The van der Waals surface area contributed by atoms with Gasteiger partial charge in [0.05, 0.1) is 27.6 Å². The van der Waals surface area contributed by atoms with Crippen molar-refractivity contribution < 1.29 is 4.92 Å². The van der Waals surface area contributed by atoms with Crippen LogP contribution in [0.25, 0.3) is 44.7 Å². The molecule has 0 spiro atoms. The average molecular weight is 417 g/mol. The van der Waals surface area contributed by atoms with Gasteiger partial charge < -0.3 is 4.98 Å². The fourth-order valence-electron chi connectivity index (χ4n) is 3.78. The molecule has 7 nitrogen and oxygen atoms in total. The molecule has 0 saturated carbocycles. The third kappa shape index (κ3) is 3.26. The summed E-state index contributed by atoms with van der Waals surface area (Å²) in [6, 6.07) is 23.6. The number of nitriles is 1. The van der Waals surface area contributed by atoms with Gasteiger partial charge >= 0.3 is 0 Å². The van der Waals surface area contributed by atoms with Crippen LogP contribution < -0.4 is 0 Å². The second-order valence-electron chi connectivity index (χ2n) is 7.16. The smallest absolute Gasteiger partial charge is 0.270 e. The molecule has 0 aliphatic carbocycles. The number of para-hydroxylation sites is 1. The van der Waals surface area contributed by atoms with Gasteiger partial charge in [0, 0.05) is 46.6 Å². The summed E-state index contributed by atoms with van der Waals surface area (Å²) in [5.74, 6) is 0. The largest absolute Gasteiger partial charge is 0.360 e. The summed E-state index contributed by atoms with van der Waals surface area (Å²) < 4.78 is 0. The minimum atomic E-state index is -0.447. The van der Waals surface area contributed by atoms with Crippen molar-refractivity contribution in [2.45, 2.75) is 0 Å². The molecule has 0 unspecified atom stereocenters. The minimum Gasteiger partial charge on any atom is -0.360 e. The van der Waals surface area contributed by atoms with Crippen molar-refractivity contribution in [2.75, 3.05) is 0 Å². The highest BCUT2D eigenvalue weighted by Crippen LogP contribution is 2.37. The van der Waals surface area contributed by atoms with E-state index in [0.29, 0.717) is 33.8 Å². The molecule has 3 aromatic heterocycles. The fraction of sp³-hybridized carbons (Fsp3) is 0. The standard InChI is InChI=1S/C25H15N5O2/c26-14-20-19(16-6-5-7-17(12-16)30(31)32)13-24(23-10-3-4-11-27-23)29-25(20)21-15-28-22-9-2-1-8-18(21)22/h1-13,15,28H. The molecule has 0 bridgehead atoms. The number of nitrogens with one attached hydrogen (secondary N) is 1. The maximum atomic E-state index is 11.3. The van der Waals surface area contributed by atoms with E-state index in [1.165, 1.54) is 12.1 Å². The van der Waals surface area contributed by atoms with Crippen molar-refractivity contribution >= 4 is 16.6 Å². The summed E-state index contributed by atoms with van der Waals surface area (Å²) >= 11 is 0. The van der Waals surface area contributed by atoms with E-state index in [2.05, 4.69) is 16.0 Å². The van der Waals surface area contributed by atoms with Gasteiger partial charge in [-0.2, -0.15) is 5.26 Å². The van der Waals surface area contributed by atoms with Crippen LogP contribution in [0.3, 0.4) is 0 Å². The van der Waals surface area contributed by atoms with Crippen LogP contribution >= 0.6 is 0 Å². The van der Waals surface area contributed by atoms with Crippen molar-refractivity contribution in [1.29, 1.82) is 5.26 Å². The molecule has 0 saturated heterocycles. The topological polar surface area (TPSA) is 108 Å². The highest BCUT2D eigenvalue weighted by Gasteiger charge is 2.20. The zero-order chi connectivity index (χ0) is 22.1. The summed E-state index contributed by atoms with van der Waals surface area (Å²) in [6.45, 7) is 0. The van der Waals surface area contributed by atoms with Crippen LogP contribution in [0.4, 0.5) is 5.69 Å². The van der Waals surface area contributed by atoms with Crippen LogP contribution in [-0.2, 0) is 0 Å². The number of nitro groups is 1. The van der Waals surface area contributed by atoms with Gasteiger partial charge in [-0.25, -0.2) is 4.98 Å². The Labute approximate surface area is 182 Å². The van der Waals surface area contributed by atoms with Gasteiger partial charge in [-0.3, -0.25) is 15.1 Å². The number of pyridine rings is 2. The second kappa shape index (κ2) is 7.78. The number of H-pyrrole nitrogens is 1. The van der Waals surface area contributed by atoms with Crippen molar-refractivity contribution in [1.82, 2.24) is 15.0 Å². The molecule has 0 aliphatic rings. The van der Waals surface area contributed by atoms with Gasteiger partial charge in [-0.1, -0.05) is 36.4 Å². The van der Waals surface area contributed by atoms with Gasteiger partial charge in [0.2, 0.25) is 0 Å². The molecule has 152 valence electrons. The number of non-ortho nitro benzene ring substituents is 1. The normalized spacial score (nSPS) is 10.7. The summed E-state index contributed by atoms with van der Waals surface area (Å²) in [5, 5.41) is 22.4. The molecular formula is C25H15N5O2. The molecule has 5 aromatic rings. The summed E-state index contributed by atoms with van der Waals surface area (Å²) in [7, 11) is 0. The SMILES string of the molecule is N#Cc1c(-c2cccc([N+](=O)[O-])c2)cc(-c2ccccn2)nc1-c1c[nH]c2ccccc12. The summed E-state index contributed by atoms with van der Waals surface area (Å²) in [5.41, 5.74) is 4.84. The molecule has 0 fully saturated rings. The minimum absolute atomic E-state index is 0.0452. The number of hydrogen-bond donors (Lipinski definition) is 1. The van der Waals surface area contributed by atoms with Crippen molar-refractivity contribution in [3.05, 3.63) is 101 Å². The number of aromatic amines is 1. The molecule has 5 rings (SSSR count). The van der Waals surface area contributed by atoms with Crippen LogP contribution in [-0.4, -0.2) is 19.9 Å². The Morgan fingerprint density at radius 1 is 0.938 bits per heavy atom. The van der Waals surface area contributed by atoms with E-state index >= 15 is 0 Å². The van der Waals surface area contributed by atoms with Gasteiger partial charge in [0.1, 0.15) is 6.07 Å². The van der Waals surface area contributed by atoms with Crippen LogP contribution in [0.15, 0.2) is 85.2 Å². The first-order valence-electron chi connectivity index (χ1n) is 9.83. The van der Waals surface area contributed by atoms with E-state index in [0.717, 1.165) is 16.5 Å². The fourth-order valence-corrected chi connectivity index (χ4v) is 3.78. The van der Waals surface area contributed by atoms with E-state index in [-0.39, 0.29) is 5.69 Å². The van der Waals surface area contributed by atoms with Crippen molar-refractivity contribution in [2.24, 2.45) is 0 Å². The molecule has 2 aromatic carbocycles. The monoisotopic (exact) mass is 417 g/mol. The summed E-state index contributed by atoms with van der Waals surface area (Å²) in [4.78, 5) is 23.3. The van der Waals surface area contributed by atoms with E-state index in [1.54, 1.807) is 24.4 Å². The third-order valence-corrected chi connectivity index (χ3v) is 5.27. The molecule has 1 N–H and O–H groups in total. The van der Waals surface area contributed by atoms with Crippen LogP contribution in [0.2, 0.25) is 0 Å². The van der Waals surface area contributed by atoms with Crippen LogP contribution in [0.5, 0.6) is 0 Å². The van der Waals surface area contributed by atoms with E-state index in [9.17, 15) is 15.4 Å². The summed E-state index contributed by atoms with van der Waals surface area (Å²) in [6.07, 6.45) is 3.50. The second-order valence-corrected chi connectivity index (χ2v) is 7.16. The van der Waals surface area contributed by atoms with Gasteiger partial charge in [-0.15, -0.1) is 0 Å². The lowest BCUT2D eigenvalue weighted by atomic mass is 9.94. The Balaban J connectivity index is 1.84. The molecule has 32 heavy (non-hydrogen) atoms. The van der Waals surface area contributed by atoms with E-state index < -0.39 is 4.92 Å². The van der Waals surface area contributed by atoms with E-state index in [1.807, 2.05) is 48.7 Å². The molecule has 7 heteroatoms. The van der Waals surface area contributed by atoms with Crippen molar-refractivity contribution in [3.8, 4) is 39.8 Å². The number of fused-ring (bicyclic) bond motifs is 1. The predicted octanol–water partition coefficient (Wildman–Crippen LogP) is 5.74. The molecule has 3 heterocycles. The third-order valence-electron chi connectivity index (χ3n) is 5.27. The molecule has 0 amide bonds. The lowest BCUT2D eigenvalue weighted by Gasteiger charge is -2.12. The zero-order valence-electron chi connectivity index (χ0n) is 16.7. The first kappa shape index (κ1) is 19.2. The Morgan fingerprint density at radius 2 is 1.78 bits per heavy atom. The first-order chi connectivity index (χ1) is 15.7. The molecule has 0 aliphatic heterocycles. The lowest BCUT2D eigenvalue weighted by molar-refractivity contribution is -0.384. The average Bonchev–Trinajstić information content (AvgIpc) is 3.28. The number of aromatic nitrogens is 3. The first-order valence-corrected chi connectivity index (χ1v) is 9.83. The molecule has 0 atom stereocenters. The number of benzene rings is 2. The number of hydrogen-bond acceptors (Lipinski definition) is 5. The predicted molar refractivity (Wildman–Crippen MR) is 122 cm³/mol. The lowest BCUT2D eigenvalue weighted by Crippen LogP contribution is -1.98. The molecular weight excluding hydrogens is 402 g/mol. The number of nitrogens with zero attached hydrogens (tertiary/aromatic N) is 4. The molecule has 0 radical (unpaired) electrons. The Morgan fingerprint density at radius 3 is 2.56 bits per heavy atom. The highest BCUT2D eigenvalue weighted by atomic mass is 16.6. The highest BCUT2D eigenvalue weighted by molar-refractivity contribution is 5.97. The quantitative estimate of drug-likeness (QED) is 0.296. The Kier molecular flexibility index (Phi) is 4.66. The van der Waals surface area contributed by atoms with E-state index in [4.69, 9.17) is 4.98 Å². The maximum Gasteiger partial charge on any atom is 0.270 e. The zero-order valence-corrected chi connectivity index (χ0v) is 16.7. The van der Waals surface area contributed by atoms with Gasteiger partial charge in [0.15, 0.2) is 0 Å². The number of rotatable bonds is 4. The Bertz CT molecular complexity index is 1520. The Hall–Kier alpha value is -4.83. The van der Waals surface area contributed by atoms with Gasteiger partial charge in [0.25, 0.3) is 5.69 Å². The number of nitro benzene ring substituents is 1. The van der Waals surface area contributed by atoms with Gasteiger partial charge in [-0.05, 0) is 29.8 Å².